The number of aryl methyl sites for hydroxylation is 1. The van der Waals surface area contributed by atoms with Crippen LogP contribution in [0.4, 0.5) is 4.79 Å². The number of hydrogen-bond donors (Lipinski definition) is 0. The maximum Gasteiger partial charge on any atom is 0.410 e. The van der Waals surface area contributed by atoms with Crippen molar-refractivity contribution < 1.29 is 9.53 Å². The Kier molecular flexibility index (Phi) is 4.92. The van der Waals surface area contributed by atoms with Crippen LogP contribution in [0, 0.1) is 6.92 Å². The third kappa shape index (κ3) is 4.06. The Morgan fingerprint density at radius 3 is 2.80 bits per heavy atom. The number of ether oxygens (including phenoxy) is 1. The minimum Gasteiger partial charge on any atom is -0.444 e. The van der Waals surface area contributed by atoms with Gasteiger partial charge in [0, 0.05) is 29.9 Å². The van der Waals surface area contributed by atoms with E-state index >= 15 is 0 Å². The largest absolute Gasteiger partial charge is 0.444 e. The fourth-order valence-electron chi connectivity index (χ4n) is 3.32. The van der Waals surface area contributed by atoms with E-state index in [9.17, 15) is 4.79 Å². The molecule has 0 aromatic heterocycles. The van der Waals surface area contributed by atoms with Gasteiger partial charge in [0.15, 0.2) is 0 Å². The number of amides is 1. The monoisotopic (exact) mass is 360 g/mol. The molecular formula is C20H25ClN2O2. The lowest BCUT2D eigenvalue weighted by molar-refractivity contribution is 0.0265. The molecule has 2 heterocycles. The molecule has 0 N–H and O–H groups in total. The van der Waals surface area contributed by atoms with Gasteiger partial charge >= 0.3 is 6.09 Å². The van der Waals surface area contributed by atoms with Crippen LogP contribution in [0.15, 0.2) is 29.4 Å². The molecule has 1 aromatic carbocycles. The lowest BCUT2D eigenvalue weighted by Crippen LogP contribution is -2.43. The van der Waals surface area contributed by atoms with Crippen molar-refractivity contribution in [1.82, 2.24) is 4.90 Å². The molecule has 2 aliphatic rings. The number of carbonyl (C=O) groups excluding carboxylic acids is 1. The second-order valence-corrected chi connectivity index (χ2v) is 8.15. The van der Waals surface area contributed by atoms with E-state index < -0.39 is 5.60 Å². The molecule has 1 fully saturated rings. The van der Waals surface area contributed by atoms with E-state index in [0.29, 0.717) is 0 Å². The van der Waals surface area contributed by atoms with Gasteiger partial charge in [0.2, 0.25) is 0 Å². The molecule has 5 heteroatoms. The predicted octanol–water partition coefficient (Wildman–Crippen LogP) is 5.23. The van der Waals surface area contributed by atoms with Gasteiger partial charge in [-0.1, -0.05) is 23.7 Å². The molecule has 0 saturated carbocycles. The maximum absolute atomic E-state index is 12.5. The Morgan fingerprint density at radius 2 is 2.12 bits per heavy atom. The summed E-state index contributed by atoms with van der Waals surface area (Å²) in [6.07, 6.45) is 4.37. The number of halogens is 1. The van der Waals surface area contributed by atoms with Gasteiger partial charge < -0.3 is 4.74 Å². The summed E-state index contributed by atoms with van der Waals surface area (Å²) in [4.78, 5) is 18.9. The predicted molar refractivity (Wildman–Crippen MR) is 102 cm³/mol. The van der Waals surface area contributed by atoms with Crippen LogP contribution in [0.25, 0.3) is 5.57 Å². The van der Waals surface area contributed by atoms with Crippen LogP contribution in [-0.4, -0.2) is 34.9 Å². The van der Waals surface area contributed by atoms with Crippen molar-refractivity contribution in [1.29, 1.82) is 0 Å². The maximum atomic E-state index is 12.5. The first-order chi connectivity index (χ1) is 11.7. The van der Waals surface area contributed by atoms with Crippen molar-refractivity contribution in [2.45, 2.75) is 58.6 Å². The Bertz CT molecular complexity index is 747. The van der Waals surface area contributed by atoms with Crippen molar-refractivity contribution in [3.8, 4) is 0 Å². The Hall–Kier alpha value is -1.81. The van der Waals surface area contributed by atoms with Gasteiger partial charge in [-0.05, 0) is 63.3 Å². The normalized spacial score (nSPS) is 20.5. The molecular weight excluding hydrogens is 336 g/mol. The second kappa shape index (κ2) is 6.83. The highest BCUT2D eigenvalue weighted by atomic mass is 35.5. The molecule has 1 amide bonds. The Balaban J connectivity index is 1.69. The van der Waals surface area contributed by atoms with E-state index in [2.05, 4.69) is 11.1 Å². The van der Waals surface area contributed by atoms with Crippen LogP contribution in [-0.2, 0) is 4.74 Å². The molecule has 0 radical (unpaired) electrons. The summed E-state index contributed by atoms with van der Waals surface area (Å²) in [6.45, 7) is 8.42. The zero-order valence-electron chi connectivity index (χ0n) is 15.3. The van der Waals surface area contributed by atoms with Gasteiger partial charge in [-0.3, -0.25) is 9.89 Å². The van der Waals surface area contributed by atoms with Crippen LogP contribution >= 0.6 is 11.6 Å². The molecule has 4 nitrogen and oxygen atoms in total. The topological polar surface area (TPSA) is 41.9 Å². The van der Waals surface area contributed by atoms with Crippen molar-refractivity contribution in [3.63, 3.8) is 0 Å². The summed E-state index contributed by atoms with van der Waals surface area (Å²) in [7, 11) is 0. The summed E-state index contributed by atoms with van der Waals surface area (Å²) in [6, 6.07) is 6.08. The standard InChI is InChI=1S/C20H25ClN2O2/c1-13-10-14(7-8-16(13)21)15-11-17(22-12-15)18-6-5-9-23(18)19(24)25-20(2,3)4/h7-8,10,12,18H,5-6,9,11H2,1-4H3/t18-/m0/s1. The fourth-order valence-corrected chi connectivity index (χ4v) is 3.44. The van der Waals surface area contributed by atoms with Gasteiger partial charge in [0.25, 0.3) is 0 Å². The molecule has 0 spiro atoms. The molecule has 1 atom stereocenters. The summed E-state index contributed by atoms with van der Waals surface area (Å²) >= 11 is 6.12. The van der Waals surface area contributed by atoms with E-state index in [4.69, 9.17) is 16.3 Å². The number of carbonyl (C=O) groups is 1. The number of benzene rings is 1. The lowest BCUT2D eigenvalue weighted by atomic mass is 9.97. The first kappa shape index (κ1) is 18.0. The highest BCUT2D eigenvalue weighted by Gasteiger charge is 2.36. The fraction of sp³-hybridized carbons (Fsp3) is 0.500. The van der Waals surface area contributed by atoms with Crippen molar-refractivity contribution >= 4 is 29.0 Å². The summed E-state index contributed by atoms with van der Waals surface area (Å²) < 4.78 is 5.55. The summed E-state index contributed by atoms with van der Waals surface area (Å²) in [5.74, 6) is 0. The molecule has 3 rings (SSSR count). The number of aliphatic imine (C=N–C) groups is 1. The summed E-state index contributed by atoms with van der Waals surface area (Å²) in [5, 5.41) is 0.774. The van der Waals surface area contributed by atoms with Gasteiger partial charge in [-0.2, -0.15) is 0 Å². The number of likely N-dealkylation sites (tertiary alicyclic amines) is 1. The quantitative estimate of drug-likeness (QED) is 0.724. The molecule has 0 aliphatic carbocycles. The summed E-state index contributed by atoms with van der Waals surface area (Å²) in [5.41, 5.74) is 3.94. The highest BCUT2D eigenvalue weighted by molar-refractivity contribution is 6.31. The van der Waals surface area contributed by atoms with Crippen LogP contribution in [0.1, 0.15) is 51.2 Å². The van der Waals surface area contributed by atoms with Crippen LogP contribution < -0.4 is 0 Å². The van der Waals surface area contributed by atoms with Crippen LogP contribution in [0.5, 0.6) is 0 Å². The molecule has 0 unspecified atom stereocenters. The van der Waals surface area contributed by atoms with Crippen LogP contribution in [0.2, 0.25) is 5.02 Å². The van der Waals surface area contributed by atoms with Crippen molar-refractivity contribution in [3.05, 3.63) is 40.5 Å². The van der Waals surface area contributed by atoms with E-state index in [-0.39, 0.29) is 12.1 Å². The Labute approximate surface area is 154 Å². The molecule has 0 bridgehead atoms. The second-order valence-electron chi connectivity index (χ2n) is 7.75. The molecule has 134 valence electrons. The van der Waals surface area contributed by atoms with E-state index in [1.165, 1.54) is 5.57 Å². The van der Waals surface area contributed by atoms with Gasteiger partial charge in [0.05, 0.1) is 6.04 Å². The number of nitrogens with zero attached hydrogens (tertiary/aromatic N) is 2. The third-order valence-electron chi connectivity index (χ3n) is 4.55. The van der Waals surface area contributed by atoms with Gasteiger partial charge in [0.1, 0.15) is 5.60 Å². The zero-order chi connectivity index (χ0) is 18.2. The van der Waals surface area contributed by atoms with Crippen molar-refractivity contribution in [2.75, 3.05) is 6.54 Å². The van der Waals surface area contributed by atoms with E-state index in [1.54, 1.807) is 0 Å². The molecule has 2 aliphatic heterocycles. The van der Waals surface area contributed by atoms with Gasteiger partial charge in [-0.15, -0.1) is 0 Å². The number of allylic oxidation sites excluding steroid dienone is 1. The zero-order valence-corrected chi connectivity index (χ0v) is 16.1. The first-order valence-corrected chi connectivity index (χ1v) is 9.14. The van der Waals surface area contributed by atoms with Gasteiger partial charge in [-0.25, -0.2) is 4.79 Å². The number of hydrogen-bond acceptors (Lipinski definition) is 3. The minimum atomic E-state index is -0.480. The smallest absolute Gasteiger partial charge is 0.410 e. The van der Waals surface area contributed by atoms with E-state index in [0.717, 1.165) is 47.7 Å². The average molecular weight is 361 g/mol. The lowest BCUT2D eigenvalue weighted by Gasteiger charge is -2.28. The van der Waals surface area contributed by atoms with Crippen molar-refractivity contribution in [2.24, 2.45) is 4.99 Å². The third-order valence-corrected chi connectivity index (χ3v) is 4.98. The molecule has 1 aromatic rings. The van der Waals surface area contributed by atoms with E-state index in [1.807, 2.05) is 50.9 Å². The Morgan fingerprint density at radius 1 is 1.36 bits per heavy atom. The molecule has 1 saturated heterocycles. The minimum absolute atomic E-state index is 0.0389. The van der Waals surface area contributed by atoms with Crippen LogP contribution in [0.3, 0.4) is 0 Å². The highest BCUT2D eigenvalue weighted by Crippen LogP contribution is 2.31. The number of rotatable bonds is 2. The first-order valence-electron chi connectivity index (χ1n) is 8.76. The SMILES string of the molecule is Cc1cc(C2=CN=C([C@@H]3CCCN3C(=O)OC(C)(C)C)C2)ccc1Cl. The molecule has 25 heavy (non-hydrogen) atoms. The average Bonchev–Trinajstić information content (AvgIpc) is 3.16.